The molecule has 0 aliphatic heterocycles. The first-order valence-corrected chi connectivity index (χ1v) is 7.55. The molecular formula is C18H19ClFO. The van der Waals surface area contributed by atoms with E-state index in [1.165, 1.54) is 18.1 Å². The topological polar surface area (TPSA) is 9.23 Å². The predicted molar refractivity (Wildman–Crippen MR) is 85.1 cm³/mol. The van der Waals surface area contributed by atoms with Gasteiger partial charge in [0.05, 0.1) is 0 Å². The zero-order valence-corrected chi connectivity index (χ0v) is 12.9. The van der Waals surface area contributed by atoms with Crippen molar-refractivity contribution in [2.24, 2.45) is 0 Å². The highest BCUT2D eigenvalue weighted by Gasteiger charge is 2.10. The Labute approximate surface area is 130 Å². The molecule has 0 bridgehead atoms. The highest BCUT2D eigenvalue weighted by atomic mass is 35.5. The van der Waals surface area contributed by atoms with Crippen LogP contribution in [-0.4, -0.2) is 5.88 Å². The second kappa shape index (κ2) is 8.04. The van der Waals surface area contributed by atoms with Crippen LogP contribution in [0, 0.1) is 11.7 Å². The van der Waals surface area contributed by atoms with Gasteiger partial charge in [-0.15, -0.1) is 11.6 Å². The second-order valence-electron chi connectivity index (χ2n) is 5.10. The molecule has 1 nitrogen and oxygen atoms in total. The van der Waals surface area contributed by atoms with E-state index >= 15 is 0 Å². The van der Waals surface area contributed by atoms with E-state index in [-0.39, 0.29) is 5.82 Å². The van der Waals surface area contributed by atoms with Gasteiger partial charge in [-0.3, -0.25) is 0 Å². The largest absolute Gasteiger partial charge is 0.489 e. The Bertz CT molecular complexity index is 556. The summed E-state index contributed by atoms with van der Waals surface area (Å²) in [4.78, 5) is 0. The molecule has 0 aliphatic rings. The summed E-state index contributed by atoms with van der Waals surface area (Å²) in [6.45, 7) is 2.52. The number of alkyl halides is 1. The summed E-state index contributed by atoms with van der Waals surface area (Å²) in [7, 11) is 0. The molecule has 0 amide bonds. The minimum absolute atomic E-state index is 0.240. The normalized spacial score (nSPS) is 10.9. The van der Waals surface area contributed by atoms with Crippen molar-refractivity contribution in [2.45, 2.75) is 26.4 Å². The molecule has 0 saturated carbocycles. The minimum Gasteiger partial charge on any atom is -0.489 e. The van der Waals surface area contributed by atoms with Crippen LogP contribution in [0.5, 0.6) is 5.75 Å². The SMILES string of the molecule is C[C](CCCl)Cc1cc(F)ccc1OCc1ccccc1. The van der Waals surface area contributed by atoms with Gasteiger partial charge in [0.1, 0.15) is 18.2 Å². The van der Waals surface area contributed by atoms with E-state index in [1.54, 1.807) is 6.07 Å². The quantitative estimate of drug-likeness (QED) is 0.641. The van der Waals surface area contributed by atoms with E-state index in [9.17, 15) is 4.39 Å². The molecule has 0 N–H and O–H groups in total. The average Bonchev–Trinajstić information content (AvgIpc) is 2.48. The molecule has 0 unspecified atom stereocenters. The Kier molecular flexibility index (Phi) is 6.06. The Morgan fingerprint density at radius 1 is 1.14 bits per heavy atom. The van der Waals surface area contributed by atoms with Crippen molar-refractivity contribution < 1.29 is 9.13 Å². The average molecular weight is 306 g/mol. The third kappa shape index (κ3) is 5.05. The Morgan fingerprint density at radius 2 is 1.90 bits per heavy atom. The first-order chi connectivity index (χ1) is 10.2. The third-order valence-electron chi connectivity index (χ3n) is 3.27. The van der Waals surface area contributed by atoms with E-state index < -0.39 is 0 Å². The van der Waals surface area contributed by atoms with Crippen molar-refractivity contribution in [3.8, 4) is 5.75 Å². The zero-order valence-electron chi connectivity index (χ0n) is 12.1. The van der Waals surface area contributed by atoms with Gasteiger partial charge in [-0.2, -0.15) is 0 Å². The second-order valence-corrected chi connectivity index (χ2v) is 5.48. The molecular weight excluding hydrogens is 287 g/mol. The van der Waals surface area contributed by atoms with Crippen molar-refractivity contribution in [3.63, 3.8) is 0 Å². The van der Waals surface area contributed by atoms with Gasteiger partial charge in [0, 0.05) is 5.88 Å². The predicted octanol–water partition coefficient (Wildman–Crippen LogP) is 5.17. The van der Waals surface area contributed by atoms with E-state index in [2.05, 4.69) is 0 Å². The Morgan fingerprint density at radius 3 is 2.62 bits per heavy atom. The molecule has 2 rings (SSSR count). The fourth-order valence-corrected chi connectivity index (χ4v) is 2.46. The summed E-state index contributed by atoms with van der Waals surface area (Å²) < 4.78 is 19.3. The lowest BCUT2D eigenvalue weighted by Crippen LogP contribution is -2.03. The third-order valence-corrected chi connectivity index (χ3v) is 3.46. The molecule has 0 atom stereocenters. The summed E-state index contributed by atoms with van der Waals surface area (Å²) >= 11 is 5.75. The summed E-state index contributed by atoms with van der Waals surface area (Å²) in [5.74, 6) is 2.30. The number of halogens is 2. The zero-order chi connectivity index (χ0) is 15.1. The molecule has 2 aromatic carbocycles. The maximum Gasteiger partial charge on any atom is 0.123 e. The van der Waals surface area contributed by atoms with E-state index in [0.29, 0.717) is 18.9 Å². The fourth-order valence-electron chi connectivity index (χ4n) is 2.14. The first-order valence-electron chi connectivity index (χ1n) is 7.01. The van der Waals surface area contributed by atoms with Gasteiger partial charge in [-0.1, -0.05) is 37.3 Å². The monoisotopic (exact) mass is 305 g/mol. The van der Waals surface area contributed by atoms with Crippen LogP contribution in [0.1, 0.15) is 24.5 Å². The number of ether oxygens (including phenoxy) is 1. The van der Waals surface area contributed by atoms with Crippen molar-refractivity contribution in [2.75, 3.05) is 5.88 Å². The van der Waals surface area contributed by atoms with Crippen molar-refractivity contribution in [3.05, 3.63) is 71.4 Å². The molecule has 111 valence electrons. The van der Waals surface area contributed by atoms with Crippen LogP contribution in [-0.2, 0) is 13.0 Å². The molecule has 0 aromatic heterocycles. The van der Waals surface area contributed by atoms with Crippen molar-refractivity contribution in [1.29, 1.82) is 0 Å². The first kappa shape index (κ1) is 15.8. The summed E-state index contributed by atoms with van der Waals surface area (Å²) in [5.41, 5.74) is 1.96. The van der Waals surface area contributed by atoms with Gasteiger partial charge in [0.2, 0.25) is 0 Å². The standard InChI is InChI=1S/C18H19ClFO/c1-14(9-10-19)11-16-12-17(20)7-8-18(16)21-13-15-5-3-2-4-6-15/h2-8,12H,9-11,13H2,1H3. The van der Waals surface area contributed by atoms with E-state index in [1.807, 2.05) is 37.3 Å². The number of hydrogen-bond acceptors (Lipinski definition) is 1. The molecule has 0 fully saturated rings. The number of benzene rings is 2. The summed E-state index contributed by atoms with van der Waals surface area (Å²) in [5, 5.41) is 0. The van der Waals surface area contributed by atoms with Gasteiger partial charge in [0.15, 0.2) is 0 Å². The molecule has 1 radical (unpaired) electrons. The molecule has 0 spiro atoms. The fraction of sp³-hybridized carbons (Fsp3) is 0.278. The highest BCUT2D eigenvalue weighted by Crippen LogP contribution is 2.25. The molecule has 0 heterocycles. The highest BCUT2D eigenvalue weighted by molar-refractivity contribution is 6.17. The van der Waals surface area contributed by atoms with Gasteiger partial charge < -0.3 is 4.74 Å². The van der Waals surface area contributed by atoms with Gasteiger partial charge >= 0.3 is 0 Å². The Hall–Kier alpha value is -1.54. The minimum atomic E-state index is -0.240. The molecule has 0 aliphatic carbocycles. The van der Waals surface area contributed by atoms with Crippen molar-refractivity contribution in [1.82, 2.24) is 0 Å². The molecule has 3 heteroatoms. The number of rotatable bonds is 7. The molecule has 2 aromatic rings. The van der Waals surface area contributed by atoms with Crippen LogP contribution < -0.4 is 4.74 Å². The molecule has 21 heavy (non-hydrogen) atoms. The summed E-state index contributed by atoms with van der Waals surface area (Å²) in [6, 6.07) is 14.6. The van der Waals surface area contributed by atoms with E-state index in [0.717, 1.165) is 23.3 Å². The smallest absolute Gasteiger partial charge is 0.123 e. The Balaban J connectivity index is 2.07. The van der Waals surface area contributed by atoms with Crippen LogP contribution in [0.3, 0.4) is 0 Å². The van der Waals surface area contributed by atoms with Gasteiger partial charge in [0.25, 0.3) is 0 Å². The van der Waals surface area contributed by atoms with Gasteiger partial charge in [-0.25, -0.2) is 4.39 Å². The van der Waals surface area contributed by atoms with Crippen molar-refractivity contribution >= 4 is 11.6 Å². The van der Waals surface area contributed by atoms with Crippen LogP contribution in [0.2, 0.25) is 0 Å². The van der Waals surface area contributed by atoms with Crippen LogP contribution in [0.25, 0.3) is 0 Å². The van der Waals surface area contributed by atoms with Crippen LogP contribution in [0.15, 0.2) is 48.5 Å². The van der Waals surface area contributed by atoms with Crippen LogP contribution >= 0.6 is 11.6 Å². The summed E-state index contributed by atoms with van der Waals surface area (Å²) in [6.07, 6.45) is 1.52. The van der Waals surface area contributed by atoms with E-state index in [4.69, 9.17) is 16.3 Å². The number of hydrogen-bond donors (Lipinski definition) is 0. The van der Waals surface area contributed by atoms with Gasteiger partial charge in [-0.05, 0) is 48.1 Å². The lowest BCUT2D eigenvalue weighted by molar-refractivity contribution is 0.302. The maximum absolute atomic E-state index is 13.5. The maximum atomic E-state index is 13.5. The lowest BCUT2D eigenvalue weighted by Gasteiger charge is -2.15. The lowest BCUT2D eigenvalue weighted by atomic mass is 9.98. The molecule has 0 saturated heterocycles. The van der Waals surface area contributed by atoms with Crippen LogP contribution in [0.4, 0.5) is 4.39 Å².